The fraction of sp³-hybridized carbons (Fsp3) is 0.293. The number of carboxylic acids is 1. The van der Waals surface area contributed by atoms with Gasteiger partial charge in [0.2, 0.25) is 0 Å². The Balaban J connectivity index is 0.000000158. The van der Waals surface area contributed by atoms with Crippen LogP contribution in [0.25, 0.3) is 32.9 Å². The van der Waals surface area contributed by atoms with Crippen molar-refractivity contribution in [2.45, 2.75) is 110 Å². The van der Waals surface area contributed by atoms with Gasteiger partial charge in [0.1, 0.15) is 74.6 Å². The monoisotopic (exact) mass is 1400 g/mol. The van der Waals surface area contributed by atoms with Gasteiger partial charge in [-0.1, -0.05) is 12.1 Å². The van der Waals surface area contributed by atoms with Gasteiger partial charge < -0.3 is 77.4 Å². The molecule has 0 bridgehead atoms. The van der Waals surface area contributed by atoms with E-state index in [1.54, 1.807) is 61.5 Å². The van der Waals surface area contributed by atoms with Gasteiger partial charge >= 0.3 is 35.7 Å². The number of benzene rings is 7. The second-order valence-corrected chi connectivity index (χ2v) is 24.2. The minimum absolute atomic E-state index is 0.0306. The Morgan fingerprint density at radius 2 is 1.01 bits per heavy atom. The third-order valence-corrected chi connectivity index (χ3v) is 16.8. The van der Waals surface area contributed by atoms with Crippen molar-refractivity contribution in [2.75, 3.05) is 34.5 Å². The molecule has 0 saturated heterocycles. The number of aryl methyl sites for hydroxylation is 6. The summed E-state index contributed by atoms with van der Waals surface area (Å²) in [6, 6.07) is 26.2. The maximum atomic E-state index is 13.3. The van der Waals surface area contributed by atoms with Crippen molar-refractivity contribution < 1.29 is 110 Å². The molecule has 0 spiro atoms. The molecule has 7 N–H and O–H groups in total. The largest absolute Gasteiger partial charge is 0.508 e. The number of phenols is 6. The number of carboxylic acid groups (broad SMARTS) is 1. The number of hydrogen-bond donors (Lipinski definition) is 7. The highest BCUT2D eigenvalue weighted by atomic mass is 35.5. The van der Waals surface area contributed by atoms with Gasteiger partial charge in [-0.2, -0.15) is 13.2 Å². The molecule has 7 aromatic carbocycles. The molecule has 528 valence electrons. The highest BCUT2D eigenvalue weighted by Gasteiger charge is 2.38. The average molecular weight is 1400 g/mol. The molecule has 0 amide bonds. The van der Waals surface area contributed by atoms with Gasteiger partial charge in [0.25, 0.3) is 0 Å². The molecule has 0 radical (unpaired) electrons. The van der Waals surface area contributed by atoms with Gasteiger partial charge in [0.15, 0.2) is 0 Å². The number of rotatable bonds is 11. The molecule has 25 heteroatoms. The molecule has 3 aliphatic rings. The van der Waals surface area contributed by atoms with Crippen LogP contribution < -0.4 is 19.8 Å². The number of hydrogen-bond acceptors (Lipinski definition) is 20. The molecule has 10 aromatic rings. The van der Waals surface area contributed by atoms with E-state index in [2.05, 4.69) is 9.47 Å². The number of fused-ring (bicyclic) bond motifs is 6. The van der Waals surface area contributed by atoms with Crippen LogP contribution in [0.2, 0.25) is 0 Å². The lowest BCUT2D eigenvalue weighted by Gasteiger charge is -2.18. The number of furan rings is 2. The number of aromatic hydroxyl groups is 6. The summed E-state index contributed by atoms with van der Waals surface area (Å²) in [5, 5.41) is 66.3. The standard InChI is InChI=1S/C22H21F3O4.C12H14O4.C12H12O4.C11H9ClO3.C11H10O4.C7H8O2/c1-12-8-14(10-19-21(12)13(11-28-19)9-20(26)27-2)29-18-7-6-15-16(18)4-3-5-17(15)22(23,24)25;2*1-7-3-9(13)5-10-12(7)8(6-16-10)4-11(14)15-2;1-6-2-8(13)4-9-11(6)7(5-12)3-10(14)15-9;1-6-2-8(12)4-9-11(6)7(5-15-9)3-10(13)14;1-5-2-6(8)4-7(9)3-5/h3-5,8,10,13,18H,6-7,9,11H2,1-2H3;3,5,8,13H,4,6H2,1-2H3;3,5-6,13H,4H2,1-2H3;2-4,13H,5H2,1H3;2,4-5,12H,3H2,1H3,(H,13,14);2-4,8-9H,1H3. The van der Waals surface area contributed by atoms with Crippen LogP contribution in [0.4, 0.5) is 13.2 Å². The summed E-state index contributed by atoms with van der Waals surface area (Å²) in [6.45, 7) is 12.0. The summed E-state index contributed by atoms with van der Waals surface area (Å²) in [7, 11) is 4.08. The second kappa shape index (κ2) is 32.6. The molecule has 3 unspecified atom stereocenters. The van der Waals surface area contributed by atoms with Gasteiger partial charge in [0.05, 0.1) is 78.3 Å². The van der Waals surface area contributed by atoms with Crippen molar-refractivity contribution >= 4 is 68.4 Å². The van der Waals surface area contributed by atoms with Crippen LogP contribution in [0, 0.1) is 41.5 Å². The van der Waals surface area contributed by atoms with Gasteiger partial charge in [-0.3, -0.25) is 19.2 Å². The number of aliphatic carboxylic acids is 1. The summed E-state index contributed by atoms with van der Waals surface area (Å²) >= 11 is 5.75. The van der Waals surface area contributed by atoms with Gasteiger partial charge in [-0.05, 0) is 153 Å². The molecule has 3 aromatic heterocycles. The Hall–Kier alpha value is -11.0. The van der Waals surface area contributed by atoms with Gasteiger partial charge in [0, 0.05) is 98.6 Å². The molecule has 13 rings (SSSR count). The van der Waals surface area contributed by atoms with E-state index in [-0.39, 0.29) is 89.4 Å². The van der Waals surface area contributed by atoms with Crippen molar-refractivity contribution in [3.05, 3.63) is 204 Å². The maximum Gasteiger partial charge on any atom is 0.416 e. The van der Waals surface area contributed by atoms with E-state index in [9.17, 15) is 57.6 Å². The average Bonchev–Trinajstić information content (AvgIpc) is 1.50. The van der Waals surface area contributed by atoms with E-state index in [0.717, 1.165) is 77.9 Å². The van der Waals surface area contributed by atoms with Crippen molar-refractivity contribution in [2.24, 2.45) is 0 Å². The Morgan fingerprint density at radius 1 is 0.550 bits per heavy atom. The molecule has 2 aliphatic heterocycles. The van der Waals surface area contributed by atoms with Crippen molar-refractivity contribution in [1.82, 2.24) is 0 Å². The van der Waals surface area contributed by atoms with Crippen molar-refractivity contribution in [3.63, 3.8) is 0 Å². The number of alkyl halides is 4. The summed E-state index contributed by atoms with van der Waals surface area (Å²) < 4.78 is 86.5. The second-order valence-electron chi connectivity index (χ2n) is 23.9. The van der Waals surface area contributed by atoms with Crippen molar-refractivity contribution in [3.8, 4) is 51.7 Å². The van der Waals surface area contributed by atoms with Crippen LogP contribution in [-0.2, 0) is 64.7 Å². The molecule has 0 fully saturated rings. The Morgan fingerprint density at radius 3 is 1.50 bits per heavy atom. The summed E-state index contributed by atoms with van der Waals surface area (Å²) in [5.41, 5.74) is 10.7. The smallest absolute Gasteiger partial charge is 0.416 e. The molecular formula is C75H74ClF3O21. The Labute approximate surface area is 576 Å². The fourth-order valence-electron chi connectivity index (χ4n) is 12.4. The zero-order chi connectivity index (χ0) is 73.0. The highest BCUT2D eigenvalue weighted by Crippen LogP contribution is 2.46. The summed E-state index contributed by atoms with van der Waals surface area (Å²) in [4.78, 5) is 55.8. The predicted molar refractivity (Wildman–Crippen MR) is 362 cm³/mol. The number of phenolic OH excluding ortho intramolecular Hbond substituents is 6. The number of carbonyl (C=O) groups excluding carboxylic acids is 3. The maximum absolute atomic E-state index is 13.3. The van der Waals surface area contributed by atoms with Crippen LogP contribution in [0.5, 0.6) is 51.7 Å². The predicted octanol–water partition coefficient (Wildman–Crippen LogP) is 15.0. The topological polar surface area (TPSA) is 322 Å². The van der Waals surface area contributed by atoms with E-state index >= 15 is 0 Å². The van der Waals surface area contributed by atoms with Gasteiger partial charge in [-0.25, -0.2) is 4.79 Å². The lowest BCUT2D eigenvalue weighted by molar-refractivity contribution is -0.142. The highest BCUT2D eigenvalue weighted by molar-refractivity contribution is 6.18. The number of halogens is 4. The van der Waals surface area contributed by atoms with E-state index < -0.39 is 29.4 Å². The van der Waals surface area contributed by atoms with E-state index in [4.69, 9.17) is 59.1 Å². The SMILES string of the molecule is COC(=O)CC1COc2cc(O)cc(C)c21.COC(=O)CC1COc2cc(OC3CCc4c3cccc4C(F)(F)F)cc(C)c21.COC(=O)Cc1coc2cc(O)cc(C)c12.Cc1cc(O)cc(O)c1.Cc1cc(O)cc2oc(=O)cc(CCl)c12.Cc1cc(O)cc2occ(CC(=O)O)c12. The fourth-order valence-corrected chi connectivity index (χ4v) is 12.6. The lowest BCUT2D eigenvalue weighted by Crippen LogP contribution is -2.10. The van der Waals surface area contributed by atoms with Crippen LogP contribution in [0.15, 0.2) is 134 Å². The lowest BCUT2D eigenvalue weighted by atomic mass is 9.93. The van der Waals surface area contributed by atoms with Crippen LogP contribution in [0.1, 0.15) is 115 Å². The third kappa shape index (κ3) is 18.6. The van der Waals surface area contributed by atoms with E-state index in [0.29, 0.717) is 83.2 Å². The first kappa shape index (κ1) is 74.8. The van der Waals surface area contributed by atoms with Gasteiger partial charge in [-0.15, -0.1) is 11.6 Å². The molecule has 5 heterocycles. The first-order valence-corrected chi connectivity index (χ1v) is 31.6. The Bertz CT molecular complexity index is 4670. The minimum atomic E-state index is -4.37. The Kier molecular flexibility index (Phi) is 24.4. The zero-order valence-electron chi connectivity index (χ0n) is 55.9. The number of ether oxygens (including phenoxy) is 6. The zero-order valence-corrected chi connectivity index (χ0v) is 56.7. The number of esters is 3. The quantitative estimate of drug-likeness (QED) is 0.0274. The molecule has 100 heavy (non-hydrogen) atoms. The molecule has 0 saturated carbocycles. The molecule has 3 atom stereocenters. The normalized spacial score (nSPS) is 14.4. The van der Waals surface area contributed by atoms with Crippen LogP contribution >= 0.6 is 11.6 Å². The molecule has 21 nitrogen and oxygen atoms in total. The molecule has 1 aliphatic carbocycles. The van der Waals surface area contributed by atoms with E-state index in [1.165, 1.54) is 70.3 Å². The minimum Gasteiger partial charge on any atom is -0.508 e. The third-order valence-electron chi connectivity index (χ3n) is 16.5. The number of methoxy groups -OCH3 is 3. The van der Waals surface area contributed by atoms with Crippen molar-refractivity contribution in [1.29, 1.82) is 0 Å². The van der Waals surface area contributed by atoms with E-state index in [1.807, 2.05) is 40.7 Å². The first-order chi connectivity index (χ1) is 47.4. The number of carbonyl (C=O) groups is 4. The summed E-state index contributed by atoms with van der Waals surface area (Å²) in [6.07, 6.45) is -0.380. The molecular weight excluding hydrogens is 1330 g/mol. The first-order valence-electron chi connectivity index (χ1n) is 31.1. The van der Waals surface area contributed by atoms with Crippen LogP contribution in [0.3, 0.4) is 0 Å². The van der Waals surface area contributed by atoms with Crippen LogP contribution in [-0.4, -0.2) is 94.2 Å². The summed E-state index contributed by atoms with van der Waals surface area (Å²) in [5.74, 6) is 1.08.